The molecule has 2 rings (SSSR count). The van der Waals surface area contributed by atoms with Crippen molar-refractivity contribution in [2.24, 2.45) is 0 Å². The van der Waals surface area contributed by atoms with E-state index in [9.17, 15) is 0 Å². The molecule has 1 aromatic heterocycles. The van der Waals surface area contributed by atoms with Gasteiger partial charge in [0.2, 0.25) is 0 Å². The molecular formula is C15H19NO. The van der Waals surface area contributed by atoms with E-state index in [-0.39, 0.29) is 0 Å². The molecule has 1 unspecified atom stereocenters. The molecule has 0 saturated carbocycles. The van der Waals surface area contributed by atoms with Crippen molar-refractivity contribution in [3.63, 3.8) is 0 Å². The third kappa shape index (κ3) is 3.21. The van der Waals surface area contributed by atoms with Gasteiger partial charge < -0.3 is 9.73 Å². The number of hydrogen-bond donors (Lipinski definition) is 1. The molecule has 2 aromatic rings. The minimum atomic E-state index is 0.350. The Bertz CT molecular complexity index is 453. The van der Waals surface area contributed by atoms with Gasteiger partial charge in [-0.15, -0.1) is 0 Å². The summed E-state index contributed by atoms with van der Waals surface area (Å²) in [6.45, 7) is 7.30. The lowest BCUT2D eigenvalue weighted by molar-refractivity contribution is 0.546. The van der Waals surface area contributed by atoms with E-state index in [1.807, 2.05) is 6.07 Å². The highest BCUT2D eigenvalue weighted by Crippen LogP contribution is 2.17. The van der Waals surface area contributed by atoms with Crippen LogP contribution in [0.25, 0.3) is 0 Å². The number of rotatable bonds is 4. The Morgan fingerprint density at radius 1 is 1.18 bits per heavy atom. The third-order valence-corrected chi connectivity index (χ3v) is 2.94. The van der Waals surface area contributed by atoms with E-state index in [1.54, 1.807) is 12.5 Å². The summed E-state index contributed by atoms with van der Waals surface area (Å²) in [5.74, 6) is 0. The van der Waals surface area contributed by atoms with E-state index in [2.05, 4.69) is 44.3 Å². The maximum atomic E-state index is 5.05. The van der Waals surface area contributed by atoms with Gasteiger partial charge in [-0.3, -0.25) is 0 Å². The largest absolute Gasteiger partial charge is 0.472 e. The molecule has 1 heterocycles. The molecule has 90 valence electrons. The van der Waals surface area contributed by atoms with Gasteiger partial charge in [0, 0.05) is 18.2 Å². The predicted molar refractivity (Wildman–Crippen MR) is 69.9 cm³/mol. The monoisotopic (exact) mass is 229 g/mol. The number of hydrogen-bond acceptors (Lipinski definition) is 2. The van der Waals surface area contributed by atoms with Crippen LogP contribution in [0.1, 0.15) is 35.2 Å². The van der Waals surface area contributed by atoms with Crippen LogP contribution in [0.4, 0.5) is 0 Å². The SMILES string of the molecule is Cc1cc(C)cc(C(C)NCc2ccoc2)c1. The topological polar surface area (TPSA) is 25.2 Å². The fraction of sp³-hybridized carbons (Fsp3) is 0.333. The first kappa shape index (κ1) is 11.9. The number of benzene rings is 1. The van der Waals surface area contributed by atoms with Crippen LogP contribution in [0.3, 0.4) is 0 Å². The van der Waals surface area contributed by atoms with Crippen molar-refractivity contribution in [1.82, 2.24) is 5.32 Å². The number of furan rings is 1. The van der Waals surface area contributed by atoms with Gasteiger partial charge in [0.25, 0.3) is 0 Å². The van der Waals surface area contributed by atoms with E-state index in [0.29, 0.717) is 6.04 Å². The molecule has 1 atom stereocenters. The lowest BCUT2D eigenvalue weighted by atomic mass is 10.0. The molecule has 0 amide bonds. The summed E-state index contributed by atoms with van der Waals surface area (Å²) in [4.78, 5) is 0. The van der Waals surface area contributed by atoms with Crippen LogP contribution in [-0.2, 0) is 6.54 Å². The first-order valence-electron chi connectivity index (χ1n) is 5.98. The van der Waals surface area contributed by atoms with Crippen LogP contribution in [0, 0.1) is 13.8 Å². The minimum Gasteiger partial charge on any atom is -0.472 e. The molecular weight excluding hydrogens is 210 g/mol. The second-order valence-corrected chi connectivity index (χ2v) is 4.66. The summed E-state index contributed by atoms with van der Waals surface area (Å²) >= 11 is 0. The number of nitrogens with one attached hydrogen (secondary N) is 1. The van der Waals surface area contributed by atoms with Crippen LogP contribution in [0.2, 0.25) is 0 Å². The predicted octanol–water partition coefficient (Wildman–Crippen LogP) is 3.75. The Kier molecular flexibility index (Phi) is 3.64. The fourth-order valence-corrected chi connectivity index (χ4v) is 2.04. The van der Waals surface area contributed by atoms with Gasteiger partial charge in [0.1, 0.15) is 0 Å². The average Bonchev–Trinajstić information content (AvgIpc) is 2.77. The second-order valence-electron chi connectivity index (χ2n) is 4.66. The summed E-state index contributed by atoms with van der Waals surface area (Å²) in [6, 6.07) is 9.01. The Labute approximate surface area is 103 Å². The molecule has 0 fully saturated rings. The van der Waals surface area contributed by atoms with Gasteiger partial charge in [0.15, 0.2) is 0 Å². The Morgan fingerprint density at radius 3 is 2.47 bits per heavy atom. The molecule has 0 spiro atoms. The normalized spacial score (nSPS) is 12.6. The van der Waals surface area contributed by atoms with Crippen molar-refractivity contribution in [3.8, 4) is 0 Å². The van der Waals surface area contributed by atoms with Crippen LogP contribution < -0.4 is 5.32 Å². The van der Waals surface area contributed by atoms with Crippen molar-refractivity contribution >= 4 is 0 Å². The minimum absolute atomic E-state index is 0.350. The van der Waals surface area contributed by atoms with Gasteiger partial charge in [-0.2, -0.15) is 0 Å². The average molecular weight is 229 g/mol. The van der Waals surface area contributed by atoms with Crippen molar-refractivity contribution in [1.29, 1.82) is 0 Å². The fourth-order valence-electron chi connectivity index (χ4n) is 2.04. The van der Waals surface area contributed by atoms with Crippen molar-refractivity contribution in [2.45, 2.75) is 33.4 Å². The van der Waals surface area contributed by atoms with Crippen LogP contribution >= 0.6 is 0 Å². The van der Waals surface area contributed by atoms with Crippen molar-refractivity contribution < 1.29 is 4.42 Å². The highest BCUT2D eigenvalue weighted by Gasteiger charge is 2.06. The van der Waals surface area contributed by atoms with Gasteiger partial charge in [-0.25, -0.2) is 0 Å². The summed E-state index contributed by atoms with van der Waals surface area (Å²) < 4.78 is 5.05. The first-order chi connectivity index (χ1) is 8.15. The summed E-state index contributed by atoms with van der Waals surface area (Å²) in [5.41, 5.74) is 5.15. The number of aryl methyl sites for hydroxylation is 2. The quantitative estimate of drug-likeness (QED) is 0.863. The molecule has 0 saturated heterocycles. The highest BCUT2D eigenvalue weighted by molar-refractivity contribution is 5.30. The first-order valence-corrected chi connectivity index (χ1v) is 5.98. The van der Waals surface area contributed by atoms with E-state index < -0.39 is 0 Å². The van der Waals surface area contributed by atoms with Gasteiger partial charge in [-0.1, -0.05) is 29.3 Å². The van der Waals surface area contributed by atoms with Gasteiger partial charge >= 0.3 is 0 Å². The molecule has 1 N–H and O–H groups in total. The zero-order valence-corrected chi connectivity index (χ0v) is 10.7. The molecule has 2 heteroatoms. The molecule has 0 aliphatic heterocycles. The molecule has 0 aliphatic carbocycles. The summed E-state index contributed by atoms with van der Waals surface area (Å²) in [5, 5.41) is 3.50. The van der Waals surface area contributed by atoms with Crippen molar-refractivity contribution in [3.05, 3.63) is 59.0 Å². The van der Waals surface area contributed by atoms with Crippen LogP contribution in [-0.4, -0.2) is 0 Å². The molecule has 0 aliphatic rings. The zero-order chi connectivity index (χ0) is 12.3. The van der Waals surface area contributed by atoms with Crippen LogP contribution in [0.15, 0.2) is 41.2 Å². The lowest BCUT2D eigenvalue weighted by Crippen LogP contribution is -2.17. The lowest BCUT2D eigenvalue weighted by Gasteiger charge is -2.15. The Balaban J connectivity index is 2.01. The summed E-state index contributed by atoms with van der Waals surface area (Å²) in [6.07, 6.45) is 3.49. The molecule has 0 bridgehead atoms. The van der Waals surface area contributed by atoms with E-state index in [4.69, 9.17) is 4.42 Å². The van der Waals surface area contributed by atoms with Crippen molar-refractivity contribution in [2.75, 3.05) is 0 Å². The Morgan fingerprint density at radius 2 is 1.88 bits per heavy atom. The maximum Gasteiger partial charge on any atom is 0.0947 e. The molecule has 17 heavy (non-hydrogen) atoms. The van der Waals surface area contributed by atoms with Crippen LogP contribution in [0.5, 0.6) is 0 Å². The smallest absolute Gasteiger partial charge is 0.0947 e. The van der Waals surface area contributed by atoms with E-state index in [1.165, 1.54) is 22.3 Å². The molecule has 1 aromatic carbocycles. The van der Waals surface area contributed by atoms with E-state index >= 15 is 0 Å². The molecule has 2 nitrogen and oxygen atoms in total. The van der Waals surface area contributed by atoms with Gasteiger partial charge in [0.05, 0.1) is 12.5 Å². The van der Waals surface area contributed by atoms with Gasteiger partial charge in [-0.05, 0) is 32.4 Å². The molecule has 0 radical (unpaired) electrons. The third-order valence-electron chi connectivity index (χ3n) is 2.94. The standard InChI is InChI=1S/C15H19NO/c1-11-6-12(2)8-15(7-11)13(3)16-9-14-4-5-17-10-14/h4-8,10,13,16H,9H2,1-3H3. The zero-order valence-electron chi connectivity index (χ0n) is 10.7. The Hall–Kier alpha value is -1.54. The summed E-state index contributed by atoms with van der Waals surface area (Å²) in [7, 11) is 0. The second kappa shape index (κ2) is 5.19. The highest BCUT2D eigenvalue weighted by atomic mass is 16.3. The maximum absolute atomic E-state index is 5.05. The van der Waals surface area contributed by atoms with E-state index in [0.717, 1.165) is 6.54 Å².